The molecule has 23 heavy (non-hydrogen) atoms. The summed E-state index contributed by atoms with van der Waals surface area (Å²) in [6.45, 7) is 2.85. The van der Waals surface area contributed by atoms with Crippen LogP contribution in [0.25, 0.3) is 0 Å². The summed E-state index contributed by atoms with van der Waals surface area (Å²) in [5, 5.41) is 4.68. The van der Waals surface area contributed by atoms with E-state index in [0.717, 1.165) is 37.5 Å². The molecule has 2 aromatic rings. The van der Waals surface area contributed by atoms with Crippen molar-refractivity contribution in [3.8, 4) is 0 Å². The van der Waals surface area contributed by atoms with E-state index in [1.54, 1.807) is 0 Å². The Labute approximate surface area is 137 Å². The highest BCUT2D eigenvalue weighted by Crippen LogP contribution is 2.20. The van der Waals surface area contributed by atoms with Crippen LogP contribution in [0.15, 0.2) is 23.6 Å². The zero-order valence-corrected chi connectivity index (χ0v) is 13.3. The number of hydrogen-bond donors (Lipinski definition) is 1. The van der Waals surface area contributed by atoms with Crippen LogP contribution >= 0.6 is 11.3 Å². The first kappa shape index (κ1) is 16.0. The molecule has 0 saturated carbocycles. The molecule has 1 aliphatic rings. The average molecular weight is 337 g/mol. The summed E-state index contributed by atoms with van der Waals surface area (Å²) >= 11 is 1.26. The summed E-state index contributed by atoms with van der Waals surface area (Å²) < 4.78 is 27.2. The summed E-state index contributed by atoms with van der Waals surface area (Å²) in [6, 6.07) is 3.34. The third kappa shape index (κ3) is 3.92. The zero-order chi connectivity index (χ0) is 16.2. The van der Waals surface area contributed by atoms with Crippen LogP contribution in [0.5, 0.6) is 0 Å². The lowest BCUT2D eigenvalue weighted by Crippen LogP contribution is -2.29. The van der Waals surface area contributed by atoms with Gasteiger partial charge in [-0.15, -0.1) is 11.3 Å². The Morgan fingerprint density at radius 1 is 1.22 bits per heavy atom. The molecule has 1 N–H and O–H groups in total. The number of benzene rings is 1. The Kier molecular flexibility index (Phi) is 4.97. The lowest BCUT2D eigenvalue weighted by Gasteiger charge is -2.25. The first-order valence-corrected chi connectivity index (χ1v) is 8.43. The molecule has 0 bridgehead atoms. The van der Waals surface area contributed by atoms with Crippen molar-refractivity contribution in [1.82, 2.24) is 9.88 Å². The number of anilines is 1. The molecule has 1 aliphatic heterocycles. The Bertz CT molecular complexity index is 678. The highest BCUT2D eigenvalue weighted by Gasteiger charge is 2.19. The van der Waals surface area contributed by atoms with Crippen LogP contribution in [0.1, 0.15) is 35.3 Å². The number of aromatic nitrogens is 1. The van der Waals surface area contributed by atoms with Gasteiger partial charge in [0.2, 0.25) is 0 Å². The van der Waals surface area contributed by atoms with Crippen LogP contribution in [0.3, 0.4) is 0 Å². The molecule has 122 valence electrons. The smallest absolute Gasteiger partial charge is 0.263 e. The van der Waals surface area contributed by atoms with Crippen LogP contribution in [-0.2, 0) is 6.54 Å². The molecule has 1 saturated heterocycles. The largest absolute Gasteiger partial charge is 0.298 e. The van der Waals surface area contributed by atoms with E-state index < -0.39 is 23.1 Å². The van der Waals surface area contributed by atoms with Crippen molar-refractivity contribution < 1.29 is 13.6 Å². The minimum absolute atomic E-state index is 0.352. The van der Waals surface area contributed by atoms with Crippen LogP contribution in [0.2, 0.25) is 0 Å². The van der Waals surface area contributed by atoms with E-state index in [4.69, 9.17) is 0 Å². The van der Waals surface area contributed by atoms with Crippen molar-refractivity contribution in [1.29, 1.82) is 0 Å². The van der Waals surface area contributed by atoms with E-state index in [1.165, 1.54) is 36.7 Å². The molecule has 1 amide bonds. The molecule has 4 nitrogen and oxygen atoms in total. The van der Waals surface area contributed by atoms with E-state index in [2.05, 4.69) is 15.2 Å². The number of likely N-dealkylation sites (tertiary alicyclic amines) is 1. The van der Waals surface area contributed by atoms with E-state index in [0.29, 0.717) is 5.13 Å². The second kappa shape index (κ2) is 7.14. The third-order valence-corrected chi connectivity index (χ3v) is 4.60. The number of amides is 1. The molecule has 7 heteroatoms. The van der Waals surface area contributed by atoms with E-state index in [1.807, 2.05) is 5.38 Å². The fraction of sp³-hybridized carbons (Fsp3) is 0.375. The van der Waals surface area contributed by atoms with Gasteiger partial charge in [0, 0.05) is 11.9 Å². The van der Waals surface area contributed by atoms with Gasteiger partial charge in [0.05, 0.1) is 5.69 Å². The molecule has 0 atom stereocenters. The SMILES string of the molecule is O=C(Nc1nc(CN2CCCCC2)cs1)c1c(F)cccc1F. The Morgan fingerprint density at radius 2 is 1.91 bits per heavy atom. The molecule has 0 unspecified atom stereocenters. The Morgan fingerprint density at radius 3 is 2.61 bits per heavy atom. The van der Waals surface area contributed by atoms with Crippen molar-refractivity contribution in [2.75, 3.05) is 18.4 Å². The first-order valence-electron chi connectivity index (χ1n) is 7.55. The number of halogens is 2. The molecular formula is C16H17F2N3OS. The van der Waals surface area contributed by atoms with Crippen molar-refractivity contribution in [2.24, 2.45) is 0 Å². The lowest BCUT2D eigenvalue weighted by atomic mass is 10.1. The van der Waals surface area contributed by atoms with Crippen LogP contribution in [0.4, 0.5) is 13.9 Å². The van der Waals surface area contributed by atoms with Crippen molar-refractivity contribution in [3.05, 3.63) is 46.5 Å². The highest BCUT2D eigenvalue weighted by molar-refractivity contribution is 7.13. The Balaban J connectivity index is 1.65. The van der Waals surface area contributed by atoms with Crippen LogP contribution in [-0.4, -0.2) is 28.9 Å². The minimum Gasteiger partial charge on any atom is -0.298 e. The minimum atomic E-state index is -0.882. The predicted octanol–water partition coefficient (Wildman–Crippen LogP) is 3.66. The van der Waals surface area contributed by atoms with Crippen LogP contribution in [0, 0.1) is 11.6 Å². The molecule has 1 aromatic heterocycles. The summed E-state index contributed by atoms with van der Waals surface area (Å²) in [7, 11) is 0. The molecular weight excluding hydrogens is 320 g/mol. The second-order valence-corrected chi connectivity index (χ2v) is 6.39. The van der Waals surface area contributed by atoms with Crippen LogP contribution < -0.4 is 5.32 Å². The second-order valence-electron chi connectivity index (χ2n) is 5.53. The summed E-state index contributed by atoms with van der Waals surface area (Å²) in [5.41, 5.74) is 0.279. The summed E-state index contributed by atoms with van der Waals surface area (Å²) in [4.78, 5) is 18.7. The van der Waals surface area contributed by atoms with Gasteiger partial charge in [-0.2, -0.15) is 0 Å². The normalized spacial score (nSPS) is 15.6. The van der Waals surface area contributed by atoms with Gasteiger partial charge in [-0.05, 0) is 38.1 Å². The van der Waals surface area contributed by atoms with Gasteiger partial charge in [-0.25, -0.2) is 13.8 Å². The van der Waals surface area contributed by atoms with Gasteiger partial charge in [0.1, 0.15) is 17.2 Å². The molecule has 0 radical (unpaired) electrons. The fourth-order valence-corrected chi connectivity index (χ4v) is 3.35. The molecule has 0 spiro atoms. The number of carbonyl (C=O) groups excluding carboxylic acids is 1. The quantitative estimate of drug-likeness (QED) is 0.926. The average Bonchev–Trinajstić information content (AvgIpc) is 2.95. The van der Waals surface area contributed by atoms with Gasteiger partial charge in [0.15, 0.2) is 5.13 Å². The van der Waals surface area contributed by atoms with Gasteiger partial charge < -0.3 is 0 Å². The van der Waals surface area contributed by atoms with Gasteiger partial charge in [-0.3, -0.25) is 15.0 Å². The van der Waals surface area contributed by atoms with Gasteiger partial charge in [-0.1, -0.05) is 12.5 Å². The standard InChI is InChI=1S/C16H17F2N3OS/c17-12-5-4-6-13(18)14(12)15(22)20-16-19-11(10-23-16)9-21-7-2-1-3-8-21/h4-6,10H,1-3,7-9H2,(H,19,20,22). The third-order valence-electron chi connectivity index (χ3n) is 3.80. The molecule has 2 heterocycles. The van der Waals surface area contributed by atoms with E-state index in [-0.39, 0.29) is 0 Å². The number of nitrogens with zero attached hydrogens (tertiary/aromatic N) is 2. The molecule has 3 rings (SSSR count). The Hall–Kier alpha value is -1.86. The number of rotatable bonds is 4. The molecule has 0 aliphatic carbocycles. The number of piperidine rings is 1. The summed E-state index contributed by atoms with van der Waals surface area (Å²) in [6.07, 6.45) is 3.66. The number of carbonyl (C=O) groups is 1. The summed E-state index contributed by atoms with van der Waals surface area (Å²) in [5.74, 6) is -2.58. The number of thiazole rings is 1. The highest BCUT2D eigenvalue weighted by atomic mass is 32.1. The van der Waals surface area contributed by atoms with Gasteiger partial charge in [0.25, 0.3) is 5.91 Å². The molecule has 1 fully saturated rings. The fourth-order valence-electron chi connectivity index (χ4n) is 2.66. The topological polar surface area (TPSA) is 45.2 Å². The monoisotopic (exact) mass is 337 g/mol. The number of hydrogen-bond acceptors (Lipinski definition) is 4. The molecule has 1 aromatic carbocycles. The van der Waals surface area contributed by atoms with Crippen molar-refractivity contribution in [2.45, 2.75) is 25.8 Å². The van der Waals surface area contributed by atoms with Gasteiger partial charge >= 0.3 is 0 Å². The zero-order valence-electron chi connectivity index (χ0n) is 12.5. The van der Waals surface area contributed by atoms with E-state index in [9.17, 15) is 13.6 Å². The maximum absolute atomic E-state index is 13.6. The number of nitrogens with one attached hydrogen (secondary N) is 1. The maximum Gasteiger partial charge on any atom is 0.263 e. The predicted molar refractivity (Wildman–Crippen MR) is 85.6 cm³/mol. The van der Waals surface area contributed by atoms with Crippen molar-refractivity contribution in [3.63, 3.8) is 0 Å². The van der Waals surface area contributed by atoms with Crippen molar-refractivity contribution >= 4 is 22.4 Å². The maximum atomic E-state index is 13.6. The first-order chi connectivity index (χ1) is 11.1. The lowest BCUT2D eigenvalue weighted by molar-refractivity contribution is 0.101. The van der Waals surface area contributed by atoms with E-state index >= 15 is 0 Å².